The van der Waals surface area contributed by atoms with Crippen molar-refractivity contribution in [3.8, 4) is 0 Å². The minimum atomic E-state index is 0. The van der Waals surface area contributed by atoms with Crippen LogP contribution in [0.25, 0.3) is 11.0 Å². The molecular formula is C16H21ClN2O2. The molecule has 0 radical (unpaired) electrons. The third-order valence-corrected chi connectivity index (χ3v) is 4.08. The monoisotopic (exact) mass is 308 g/mol. The zero-order valence-electron chi connectivity index (χ0n) is 12.1. The summed E-state index contributed by atoms with van der Waals surface area (Å²) in [4.78, 5) is 12.1. The summed E-state index contributed by atoms with van der Waals surface area (Å²) in [7, 11) is 0. The van der Waals surface area contributed by atoms with E-state index in [1.807, 2.05) is 31.2 Å². The number of fused-ring (bicyclic) bond motifs is 1. The van der Waals surface area contributed by atoms with E-state index < -0.39 is 0 Å². The normalized spacial score (nSPS) is 15.7. The molecule has 0 bridgehead atoms. The lowest BCUT2D eigenvalue weighted by atomic mass is 9.97. The van der Waals surface area contributed by atoms with Gasteiger partial charge in [-0.1, -0.05) is 18.2 Å². The van der Waals surface area contributed by atoms with Gasteiger partial charge in [0.05, 0.1) is 6.54 Å². The molecule has 2 aromatic rings. The molecule has 1 aromatic carbocycles. The molecule has 1 aromatic heterocycles. The van der Waals surface area contributed by atoms with Crippen LogP contribution in [0.3, 0.4) is 0 Å². The van der Waals surface area contributed by atoms with Gasteiger partial charge in [0.15, 0.2) is 0 Å². The van der Waals surface area contributed by atoms with Crippen LogP contribution < -0.4 is 10.6 Å². The van der Waals surface area contributed by atoms with Gasteiger partial charge in [-0.25, -0.2) is 0 Å². The van der Waals surface area contributed by atoms with Crippen LogP contribution in [0.2, 0.25) is 0 Å². The largest absolute Gasteiger partial charge is 0.459 e. The SMILES string of the molecule is Cc1c(CNC(=O)C2CCNCC2)oc2ccccc12.Cl. The smallest absolute Gasteiger partial charge is 0.223 e. The number of furan rings is 1. The van der Waals surface area contributed by atoms with Gasteiger partial charge in [0.1, 0.15) is 11.3 Å². The maximum atomic E-state index is 12.1. The highest BCUT2D eigenvalue weighted by atomic mass is 35.5. The number of hydrogen-bond acceptors (Lipinski definition) is 3. The van der Waals surface area contributed by atoms with Crippen molar-refractivity contribution >= 4 is 29.3 Å². The van der Waals surface area contributed by atoms with E-state index in [4.69, 9.17) is 4.42 Å². The van der Waals surface area contributed by atoms with Crippen molar-refractivity contribution in [2.24, 2.45) is 5.92 Å². The summed E-state index contributed by atoms with van der Waals surface area (Å²) >= 11 is 0. The molecular weight excluding hydrogens is 288 g/mol. The van der Waals surface area contributed by atoms with E-state index >= 15 is 0 Å². The van der Waals surface area contributed by atoms with E-state index in [1.54, 1.807) is 0 Å². The Kier molecular flexibility index (Phi) is 5.26. The number of carbonyl (C=O) groups excluding carboxylic acids is 1. The lowest BCUT2D eigenvalue weighted by Gasteiger charge is -2.21. The summed E-state index contributed by atoms with van der Waals surface area (Å²) in [5, 5.41) is 7.41. The van der Waals surface area contributed by atoms with Crippen LogP contribution in [0.4, 0.5) is 0 Å². The third-order valence-electron chi connectivity index (χ3n) is 4.08. The molecule has 0 atom stereocenters. The van der Waals surface area contributed by atoms with Crippen LogP contribution in [0.1, 0.15) is 24.2 Å². The maximum Gasteiger partial charge on any atom is 0.223 e. The van der Waals surface area contributed by atoms with Gasteiger partial charge in [-0.15, -0.1) is 12.4 Å². The summed E-state index contributed by atoms with van der Waals surface area (Å²) in [6, 6.07) is 7.97. The minimum absolute atomic E-state index is 0. The van der Waals surface area contributed by atoms with Gasteiger partial charge in [-0.05, 0) is 38.9 Å². The fourth-order valence-electron chi connectivity index (χ4n) is 2.79. The zero-order chi connectivity index (χ0) is 13.9. The Balaban J connectivity index is 0.00000161. The van der Waals surface area contributed by atoms with Crippen molar-refractivity contribution in [2.45, 2.75) is 26.3 Å². The standard InChI is InChI=1S/C16H20N2O2.ClH/c1-11-13-4-2-3-5-14(13)20-15(11)10-18-16(19)12-6-8-17-9-7-12;/h2-5,12,17H,6-10H2,1H3,(H,18,19);1H. The average Bonchev–Trinajstić information content (AvgIpc) is 2.83. The molecule has 114 valence electrons. The summed E-state index contributed by atoms with van der Waals surface area (Å²) in [6.07, 6.45) is 1.84. The van der Waals surface area contributed by atoms with Crippen molar-refractivity contribution in [1.82, 2.24) is 10.6 Å². The number of amides is 1. The molecule has 4 nitrogen and oxygen atoms in total. The number of halogens is 1. The van der Waals surface area contributed by atoms with Crippen LogP contribution in [0.5, 0.6) is 0 Å². The number of hydrogen-bond donors (Lipinski definition) is 2. The molecule has 2 heterocycles. The fraction of sp³-hybridized carbons (Fsp3) is 0.438. The number of rotatable bonds is 3. The van der Waals surface area contributed by atoms with Crippen molar-refractivity contribution in [1.29, 1.82) is 0 Å². The highest BCUT2D eigenvalue weighted by molar-refractivity contribution is 5.85. The first-order chi connectivity index (χ1) is 9.75. The van der Waals surface area contributed by atoms with E-state index in [1.165, 1.54) is 0 Å². The Labute approximate surface area is 130 Å². The van der Waals surface area contributed by atoms with Crippen LogP contribution in [0.15, 0.2) is 28.7 Å². The number of para-hydroxylation sites is 1. The Bertz CT molecular complexity index is 618. The molecule has 3 rings (SSSR count). The highest BCUT2D eigenvalue weighted by Gasteiger charge is 2.21. The first kappa shape index (κ1) is 15.9. The van der Waals surface area contributed by atoms with E-state index in [2.05, 4.69) is 10.6 Å². The van der Waals surface area contributed by atoms with Gasteiger partial charge in [0, 0.05) is 16.9 Å². The Morgan fingerprint density at radius 3 is 2.76 bits per heavy atom. The molecule has 2 N–H and O–H groups in total. The van der Waals surface area contributed by atoms with Crippen LogP contribution in [0, 0.1) is 12.8 Å². The number of aryl methyl sites for hydroxylation is 1. The predicted molar refractivity (Wildman–Crippen MR) is 85.6 cm³/mol. The van der Waals surface area contributed by atoms with Crippen molar-refractivity contribution < 1.29 is 9.21 Å². The summed E-state index contributed by atoms with van der Waals surface area (Å²) in [6.45, 7) is 4.38. The summed E-state index contributed by atoms with van der Waals surface area (Å²) < 4.78 is 5.81. The van der Waals surface area contributed by atoms with Crippen molar-refractivity contribution in [3.63, 3.8) is 0 Å². The van der Waals surface area contributed by atoms with Crippen LogP contribution in [-0.4, -0.2) is 19.0 Å². The van der Waals surface area contributed by atoms with Gasteiger partial charge < -0.3 is 15.1 Å². The molecule has 1 amide bonds. The number of benzene rings is 1. The molecule has 0 unspecified atom stereocenters. The molecule has 1 aliphatic rings. The minimum Gasteiger partial charge on any atom is -0.459 e. The van der Waals surface area contributed by atoms with Gasteiger partial charge in [-0.3, -0.25) is 4.79 Å². The Morgan fingerprint density at radius 1 is 1.33 bits per heavy atom. The van der Waals surface area contributed by atoms with Crippen molar-refractivity contribution in [2.75, 3.05) is 13.1 Å². The number of carbonyl (C=O) groups is 1. The van der Waals surface area contributed by atoms with Gasteiger partial charge >= 0.3 is 0 Å². The number of nitrogens with one attached hydrogen (secondary N) is 2. The lowest BCUT2D eigenvalue weighted by Crippen LogP contribution is -2.37. The first-order valence-corrected chi connectivity index (χ1v) is 7.21. The number of piperidine rings is 1. The molecule has 0 spiro atoms. The second-order valence-corrected chi connectivity index (χ2v) is 5.39. The Hall–Kier alpha value is -1.52. The first-order valence-electron chi connectivity index (χ1n) is 7.21. The second kappa shape index (κ2) is 6.96. The predicted octanol–water partition coefficient (Wildman–Crippen LogP) is 2.78. The zero-order valence-corrected chi connectivity index (χ0v) is 13.0. The molecule has 1 fully saturated rings. The fourth-order valence-corrected chi connectivity index (χ4v) is 2.79. The molecule has 1 aliphatic heterocycles. The van der Waals surface area contributed by atoms with E-state index in [0.29, 0.717) is 6.54 Å². The van der Waals surface area contributed by atoms with E-state index in [0.717, 1.165) is 48.2 Å². The van der Waals surface area contributed by atoms with Gasteiger partial charge in [-0.2, -0.15) is 0 Å². The second-order valence-electron chi connectivity index (χ2n) is 5.39. The van der Waals surface area contributed by atoms with E-state index in [9.17, 15) is 4.79 Å². The van der Waals surface area contributed by atoms with Crippen LogP contribution >= 0.6 is 12.4 Å². The van der Waals surface area contributed by atoms with Gasteiger partial charge in [0.25, 0.3) is 0 Å². The Morgan fingerprint density at radius 2 is 2.05 bits per heavy atom. The molecule has 0 saturated carbocycles. The van der Waals surface area contributed by atoms with Crippen molar-refractivity contribution in [3.05, 3.63) is 35.6 Å². The topological polar surface area (TPSA) is 54.3 Å². The quantitative estimate of drug-likeness (QED) is 0.917. The maximum absolute atomic E-state index is 12.1. The molecule has 5 heteroatoms. The van der Waals surface area contributed by atoms with Crippen LogP contribution in [-0.2, 0) is 11.3 Å². The average molecular weight is 309 g/mol. The van der Waals surface area contributed by atoms with Gasteiger partial charge in [0.2, 0.25) is 5.91 Å². The summed E-state index contributed by atoms with van der Waals surface area (Å²) in [5.41, 5.74) is 2.00. The third kappa shape index (κ3) is 3.39. The molecule has 1 saturated heterocycles. The lowest BCUT2D eigenvalue weighted by molar-refractivity contribution is -0.126. The molecule has 0 aliphatic carbocycles. The van der Waals surface area contributed by atoms with E-state index in [-0.39, 0.29) is 24.2 Å². The molecule has 21 heavy (non-hydrogen) atoms. The highest BCUT2D eigenvalue weighted by Crippen LogP contribution is 2.24. The summed E-state index contributed by atoms with van der Waals surface area (Å²) in [5.74, 6) is 1.14.